The molecule has 0 aliphatic heterocycles. The van der Waals surface area contributed by atoms with Gasteiger partial charge >= 0.3 is 0 Å². The molecule has 1 rings (SSSR count). The Bertz CT molecular complexity index is 628. The van der Waals surface area contributed by atoms with Gasteiger partial charge < -0.3 is 10.6 Å². The van der Waals surface area contributed by atoms with Crippen molar-refractivity contribution >= 4 is 27.3 Å². The molecule has 0 heterocycles. The number of anilines is 1. The third-order valence-corrected chi connectivity index (χ3v) is 5.35. The van der Waals surface area contributed by atoms with Crippen LogP contribution in [-0.4, -0.2) is 37.8 Å². The monoisotopic (exact) mass is 326 g/mol. The Kier molecular flexibility index (Phi) is 6.11. The molecule has 3 atom stereocenters. The van der Waals surface area contributed by atoms with Crippen molar-refractivity contribution < 1.29 is 18.0 Å². The minimum absolute atomic E-state index is 0.362. The molecule has 22 heavy (non-hydrogen) atoms. The highest BCUT2D eigenvalue weighted by Gasteiger charge is 2.29. The summed E-state index contributed by atoms with van der Waals surface area (Å²) in [4.78, 5) is 24.0. The van der Waals surface area contributed by atoms with Gasteiger partial charge in [0.1, 0.15) is 6.04 Å². The third kappa shape index (κ3) is 5.14. The van der Waals surface area contributed by atoms with Crippen molar-refractivity contribution in [2.45, 2.75) is 32.1 Å². The predicted molar refractivity (Wildman–Crippen MR) is 86.1 cm³/mol. The molecule has 2 N–H and O–H groups in total. The lowest BCUT2D eigenvalue weighted by Gasteiger charge is -2.20. The average molecular weight is 326 g/mol. The van der Waals surface area contributed by atoms with Crippen LogP contribution >= 0.6 is 0 Å². The molecule has 0 aromatic heterocycles. The number of carbonyl (C=O) groups is 2. The van der Waals surface area contributed by atoms with E-state index in [1.165, 1.54) is 13.8 Å². The standard InChI is InChI=1S/C15H22N2O4S/c1-10(12(3)22(4,20)21)14(18)16-11(2)15(19)17-13-8-6-5-7-9-13/h5-12H,1-4H3,(H,16,18)(H,17,19)/t10-,11+,12-/m1/s1. The van der Waals surface area contributed by atoms with Crippen LogP contribution in [0.3, 0.4) is 0 Å². The first-order valence-electron chi connectivity index (χ1n) is 6.98. The number of carbonyl (C=O) groups excluding carboxylic acids is 2. The van der Waals surface area contributed by atoms with Gasteiger partial charge in [-0.05, 0) is 26.0 Å². The minimum Gasteiger partial charge on any atom is -0.344 e. The maximum Gasteiger partial charge on any atom is 0.246 e. The Morgan fingerprint density at radius 2 is 1.55 bits per heavy atom. The summed E-state index contributed by atoms with van der Waals surface area (Å²) < 4.78 is 23.0. The summed E-state index contributed by atoms with van der Waals surface area (Å²) in [5.74, 6) is -1.56. The normalized spacial score (nSPS) is 15.5. The first kappa shape index (κ1) is 18.2. The van der Waals surface area contributed by atoms with Crippen molar-refractivity contribution in [2.75, 3.05) is 11.6 Å². The summed E-state index contributed by atoms with van der Waals surface area (Å²) in [5.41, 5.74) is 0.631. The Morgan fingerprint density at radius 3 is 2.05 bits per heavy atom. The zero-order valence-electron chi connectivity index (χ0n) is 13.2. The fourth-order valence-corrected chi connectivity index (χ4v) is 2.63. The number of para-hydroxylation sites is 1. The third-order valence-electron chi connectivity index (χ3n) is 3.59. The first-order valence-corrected chi connectivity index (χ1v) is 8.93. The van der Waals surface area contributed by atoms with E-state index in [-0.39, 0.29) is 5.91 Å². The second-order valence-corrected chi connectivity index (χ2v) is 7.81. The fraction of sp³-hybridized carbons (Fsp3) is 0.467. The molecular weight excluding hydrogens is 304 g/mol. The number of rotatable bonds is 6. The smallest absolute Gasteiger partial charge is 0.246 e. The van der Waals surface area contributed by atoms with Gasteiger partial charge in [-0.15, -0.1) is 0 Å². The molecule has 6 nitrogen and oxygen atoms in total. The van der Waals surface area contributed by atoms with E-state index in [9.17, 15) is 18.0 Å². The zero-order chi connectivity index (χ0) is 16.9. The molecule has 122 valence electrons. The molecule has 7 heteroatoms. The first-order chi connectivity index (χ1) is 10.1. The van der Waals surface area contributed by atoms with Crippen molar-refractivity contribution in [1.29, 1.82) is 0 Å². The van der Waals surface area contributed by atoms with Crippen LogP contribution in [0.5, 0.6) is 0 Å². The average Bonchev–Trinajstić information content (AvgIpc) is 2.45. The van der Waals surface area contributed by atoms with Gasteiger partial charge in [0, 0.05) is 11.9 Å². The zero-order valence-corrected chi connectivity index (χ0v) is 14.0. The highest BCUT2D eigenvalue weighted by molar-refractivity contribution is 7.91. The molecule has 0 unspecified atom stereocenters. The maximum absolute atomic E-state index is 12.0. The summed E-state index contributed by atoms with van der Waals surface area (Å²) >= 11 is 0. The van der Waals surface area contributed by atoms with Gasteiger partial charge in [-0.25, -0.2) is 8.42 Å². The summed E-state index contributed by atoms with van der Waals surface area (Å²) in [6.45, 7) is 4.56. The van der Waals surface area contributed by atoms with Crippen LogP contribution < -0.4 is 10.6 Å². The van der Waals surface area contributed by atoms with E-state index in [2.05, 4.69) is 10.6 Å². The maximum atomic E-state index is 12.0. The van der Waals surface area contributed by atoms with Gasteiger partial charge in [0.05, 0.1) is 11.2 Å². The van der Waals surface area contributed by atoms with E-state index in [4.69, 9.17) is 0 Å². The molecule has 0 saturated carbocycles. The van der Waals surface area contributed by atoms with Crippen LogP contribution in [0.25, 0.3) is 0 Å². The van der Waals surface area contributed by atoms with E-state index in [0.29, 0.717) is 5.69 Å². The molecule has 0 aliphatic carbocycles. The van der Waals surface area contributed by atoms with E-state index >= 15 is 0 Å². The molecule has 0 radical (unpaired) electrons. The van der Waals surface area contributed by atoms with Crippen molar-refractivity contribution in [1.82, 2.24) is 5.32 Å². The van der Waals surface area contributed by atoms with E-state index < -0.39 is 33.0 Å². The summed E-state index contributed by atoms with van der Waals surface area (Å²) in [7, 11) is -3.31. The van der Waals surface area contributed by atoms with Crippen LogP contribution in [0, 0.1) is 5.92 Å². The molecule has 0 spiro atoms. The molecular formula is C15H22N2O4S. The molecule has 1 aromatic carbocycles. The lowest BCUT2D eigenvalue weighted by atomic mass is 10.1. The second-order valence-electron chi connectivity index (χ2n) is 5.41. The lowest BCUT2D eigenvalue weighted by Crippen LogP contribution is -2.46. The van der Waals surface area contributed by atoms with Crippen LogP contribution in [0.2, 0.25) is 0 Å². The number of sulfone groups is 1. The van der Waals surface area contributed by atoms with Crippen LogP contribution in [0.15, 0.2) is 30.3 Å². The number of amides is 2. The van der Waals surface area contributed by atoms with Gasteiger partial charge in [-0.3, -0.25) is 9.59 Å². The molecule has 0 bridgehead atoms. The van der Waals surface area contributed by atoms with Crippen molar-refractivity contribution in [2.24, 2.45) is 5.92 Å². The second kappa shape index (κ2) is 7.40. The Morgan fingerprint density at radius 1 is 1.00 bits per heavy atom. The molecule has 1 aromatic rings. The summed E-state index contributed by atoms with van der Waals surface area (Å²) in [5, 5.41) is 4.40. The van der Waals surface area contributed by atoms with Crippen molar-refractivity contribution in [3.05, 3.63) is 30.3 Å². The van der Waals surface area contributed by atoms with Crippen LogP contribution in [0.4, 0.5) is 5.69 Å². The van der Waals surface area contributed by atoms with Crippen LogP contribution in [0.1, 0.15) is 20.8 Å². The summed E-state index contributed by atoms with van der Waals surface area (Å²) in [6, 6.07) is 8.11. The van der Waals surface area contributed by atoms with Crippen LogP contribution in [-0.2, 0) is 19.4 Å². The van der Waals surface area contributed by atoms with Gasteiger partial charge in [0.15, 0.2) is 9.84 Å². The van der Waals surface area contributed by atoms with Crippen molar-refractivity contribution in [3.63, 3.8) is 0 Å². The predicted octanol–water partition coefficient (Wildman–Crippen LogP) is 1.20. The topological polar surface area (TPSA) is 92.3 Å². The quantitative estimate of drug-likeness (QED) is 0.821. The molecule has 0 fully saturated rings. The largest absolute Gasteiger partial charge is 0.344 e. The Labute approximate surface area is 131 Å². The fourth-order valence-electron chi connectivity index (χ4n) is 1.77. The van der Waals surface area contributed by atoms with E-state index in [1.54, 1.807) is 31.2 Å². The number of nitrogens with one attached hydrogen (secondary N) is 2. The molecule has 0 aliphatic rings. The SMILES string of the molecule is C[C@H](NC(=O)[C@H](C)[C@@H](C)S(C)(=O)=O)C(=O)Nc1ccccc1. The highest BCUT2D eigenvalue weighted by Crippen LogP contribution is 2.12. The number of hydrogen-bond acceptors (Lipinski definition) is 4. The summed E-state index contributed by atoms with van der Waals surface area (Å²) in [6.07, 6.45) is 1.09. The van der Waals surface area contributed by atoms with Gasteiger partial charge in [-0.2, -0.15) is 0 Å². The van der Waals surface area contributed by atoms with E-state index in [0.717, 1.165) is 6.26 Å². The van der Waals surface area contributed by atoms with Crippen molar-refractivity contribution in [3.8, 4) is 0 Å². The minimum atomic E-state index is -3.31. The van der Waals surface area contributed by atoms with Gasteiger partial charge in [-0.1, -0.05) is 25.1 Å². The number of benzene rings is 1. The lowest BCUT2D eigenvalue weighted by molar-refractivity contribution is -0.128. The molecule has 2 amide bonds. The van der Waals surface area contributed by atoms with Gasteiger partial charge in [0.2, 0.25) is 11.8 Å². The highest BCUT2D eigenvalue weighted by atomic mass is 32.2. The molecule has 0 saturated heterocycles. The Balaban J connectivity index is 2.62. The number of hydrogen-bond donors (Lipinski definition) is 2. The Hall–Kier alpha value is -1.89. The van der Waals surface area contributed by atoms with Gasteiger partial charge in [0.25, 0.3) is 0 Å². The van der Waals surface area contributed by atoms with E-state index in [1.807, 2.05) is 6.07 Å².